The fraction of sp³-hybridized carbons (Fsp3) is 0.130. The number of nitrogens with zero attached hydrogens (tertiary/aromatic N) is 1. The number of hydrazone groups is 1. The first kappa shape index (κ1) is 23.7. The smallest absolute Gasteiger partial charge is 0.337 e. The van der Waals surface area contributed by atoms with Crippen molar-refractivity contribution in [1.82, 2.24) is 0 Å². The molecule has 0 unspecified atom stereocenters. The highest BCUT2D eigenvalue weighted by molar-refractivity contribution is 6.41. The number of methoxy groups -OCH3 is 2. The lowest BCUT2D eigenvalue weighted by Gasteiger charge is -2.12. The summed E-state index contributed by atoms with van der Waals surface area (Å²) >= 11 is 18.2. The molecule has 0 aliphatic rings. The molecule has 32 heavy (non-hydrogen) atoms. The predicted molar refractivity (Wildman–Crippen MR) is 128 cm³/mol. The molecular weight excluding hydrogens is 475 g/mol. The van der Waals surface area contributed by atoms with Gasteiger partial charge in [-0.1, -0.05) is 46.9 Å². The third-order valence-corrected chi connectivity index (χ3v) is 5.17. The van der Waals surface area contributed by atoms with Crippen molar-refractivity contribution in [2.24, 2.45) is 5.10 Å². The Morgan fingerprint density at radius 1 is 0.969 bits per heavy atom. The number of rotatable bonds is 8. The molecule has 0 heterocycles. The summed E-state index contributed by atoms with van der Waals surface area (Å²) in [7, 11) is 2.90. The molecular formula is C23H19Cl3N2O4. The van der Waals surface area contributed by atoms with Crippen molar-refractivity contribution in [3.05, 3.63) is 86.4 Å². The highest BCUT2D eigenvalue weighted by atomic mass is 35.5. The van der Waals surface area contributed by atoms with Gasteiger partial charge in [-0.3, -0.25) is 5.43 Å². The molecule has 0 aliphatic carbocycles. The summed E-state index contributed by atoms with van der Waals surface area (Å²) in [4.78, 5) is 11.5. The third-order valence-electron chi connectivity index (χ3n) is 4.35. The van der Waals surface area contributed by atoms with Crippen molar-refractivity contribution in [2.75, 3.05) is 19.6 Å². The van der Waals surface area contributed by atoms with Gasteiger partial charge in [0.25, 0.3) is 0 Å². The van der Waals surface area contributed by atoms with Crippen molar-refractivity contribution < 1.29 is 19.0 Å². The molecule has 9 heteroatoms. The SMILES string of the molecule is COC(=O)c1ccc(COc2ccc(/C=N/Nc3c(Cl)cc(Cl)cc3Cl)cc2OC)cc1. The average Bonchev–Trinajstić information content (AvgIpc) is 2.79. The van der Waals surface area contributed by atoms with Gasteiger partial charge in [0.2, 0.25) is 0 Å². The molecule has 0 saturated carbocycles. The minimum absolute atomic E-state index is 0.306. The lowest BCUT2D eigenvalue weighted by Crippen LogP contribution is -2.02. The topological polar surface area (TPSA) is 69.2 Å². The fourth-order valence-corrected chi connectivity index (χ4v) is 3.62. The lowest BCUT2D eigenvalue weighted by molar-refractivity contribution is 0.0600. The Labute approximate surface area is 200 Å². The van der Waals surface area contributed by atoms with E-state index in [0.29, 0.717) is 44.4 Å². The molecule has 0 spiro atoms. The Balaban J connectivity index is 1.65. The molecule has 0 fully saturated rings. The molecule has 0 radical (unpaired) electrons. The number of anilines is 1. The molecule has 166 valence electrons. The Bertz CT molecular complexity index is 1110. The van der Waals surface area contributed by atoms with Crippen molar-refractivity contribution in [1.29, 1.82) is 0 Å². The monoisotopic (exact) mass is 492 g/mol. The fourth-order valence-electron chi connectivity index (χ4n) is 2.72. The van der Waals surface area contributed by atoms with Crippen LogP contribution in [0.15, 0.2) is 59.7 Å². The largest absolute Gasteiger partial charge is 0.493 e. The summed E-state index contributed by atoms with van der Waals surface area (Å²) in [5, 5.41) is 5.33. The molecule has 0 amide bonds. The van der Waals surface area contributed by atoms with Crippen LogP contribution < -0.4 is 14.9 Å². The summed E-state index contributed by atoms with van der Waals surface area (Å²) in [5.41, 5.74) is 5.41. The molecule has 0 aromatic heterocycles. The van der Waals surface area contributed by atoms with E-state index in [1.54, 1.807) is 61.9 Å². The van der Waals surface area contributed by atoms with Gasteiger partial charge in [0, 0.05) is 5.02 Å². The van der Waals surface area contributed by atoms with E-state index in [1.165, 1.54) is 7.11 Å². The molecule has 3 aromatic carbocycles. The Kier molecular flexibility index (Phi) is 8.22. The van der Waals surface area contributed by atoms with E-state index in [2.05, 4.69) is 10.5 Å². The van der Waals surface area contributed by atoms with Crippen molar-refractivity contribution in [2.45, 2.75) is 6.61 Å². The van der Waals surface area contributed by atoms with Crippen LogP contribution in [0.5, 0.6) is 11.5 Å². The average molecular weight is 494 g/mol. The molecule has 0 atom stereocenters. The Hall–Kier alpha value is -2.93. The second-order valence-electron chi connectivity index (χ2n) is 6.50. The maximum absolute atomic E-state index is 11.5. The second kappa shape index (κ2) is 11.1. The quantitative estimate of drug-likeness (QED) is 0.221. The highest BCUT2D eigenvalue weighted by Gasteiger charge is 2.09. The van der Waals surface area contributed by atoms with Gasteiger partial charge in [-0.2, -0.15) is 5.10 Å². The van der Waals surface area contributed by atoms with E-state index in [-0.39, 0.29) is 5.97 Å². The zero-order chi connectivity index (χ0) is 23.1. The van der Waals surface area contributed by atoms with Gasteiger partial charge in [-0.25, -0.2) is 4.79 Å². The number of carbonyl (C=O) groups is 1. The van der Waals surface area contributed by atoms with Gasteiger partial charge in [-0.15, -0.1) is 0 Å². The zero-order valence-corrected chi connectivity index (χ0v) is 19.5. The first-order valence-corrected chi connectivity index (χ1v) is 10.5. The minimum atomic E-state index is -0.383. The van der Waals surface area contributed by atoms with Gasteiger partial charge < -0.3 is 14.2 Å². The number of esters is 1. The standard InChI is InChI=1S/C23H19Cl3N2O4/c1-30-21-9-15(12-27-28-22-18(25)10-17(24)11-19(22)26)5-8-20(21)32-13-14-3-6-16(7-4-14)23(29)31-2/h3-12,28H,13H2,1-2H3/b27-12+. The summed E-state index contributed by atoms with van der Waals surface area (Å²) in [5.74, 6) is 0.729. The predicted octanol–water partition coefficient (Wildman–Crippen LogP) is 6.47. The number of hydrogen-bond donors (Lipinski definition) is 1. The number of ether oxygens (including phenoxy) is 3. The van der Waals surface area contributed by atoms with Gasteiger partial charge in [0.1, 0.15) is 6.61 Å². The third kappa shape index (κ3) is 6.07. The van der Waals surface area contributed by atoms with Crippen LogP contribution in [-0.2, 0) is 11.3 Å². The zero-order valence-electron chi connectivity index (χ0n) is 17.2. The van der Waals surface area contributed by atoms with E-state index < -0.39 is 0 Å². The van der Waals surface area contributed by atoms with Crippen molar-refractivity contribution in [3.63, 3.8) is 0 Å². The van der Waals surface area contributed by atoms with Gasteiger partial charge >= 0.3 is 5.97 Å². The maximum atomic E-state index is 11.5. The first-order valence-electron chi connectivity index (χ1n) is 9.33. The molecule has 0 aliphatic heterocycles. The molecule has 6 nitrogen and oxygen atoms in total. The number of halogens is 3. The Morgan fingerprint density at radius 2 is 1.66 bits per heavy atom. The molecule has 1 N–H and O–H groups in total. The number of hydrogen-bond acceptors (Lipinski definition) is 6. The van der Waals surface area contributed by atoms with Gasteiger partial charge in [-0.05, 0) is 53.6 Å². The normalized spacial score (nSPS) is 10.8. The van der Waals surface area contributed by atoms with Crippen molar-refractivity contribution >= 4 is 52.7 Å². The van der Waals surface area contributed by atoms with E-state index >= 15 is 0 Å². The number of carbonyl (C=O) groups excluding carboxylic acids is 1. The maximum Gasteiger partial charge on any atom is 0.337 e. The van der Waals surface area contributed by atoms with Crippen LogP contribution in [0.1, 0.15) is 21.5 Å². The van der Waals surface area contributed by atoms with Crippen LogP contribution in [0.2, 0.25) is 15.1 Å². The summed E-state index contributed by atoms with van der Waals surface area (Å²) < 4.78 is 16.0. The van der Waals surface area contributed by atoms with Gasteiger partial charge in [0.15, 0.2) is 11.5 Å². The van der Waals surface area contributed by atoms with Gasteiger partial charge in [0.05, 0.1) is 41.7 Å². The molecule has 3 rings (SSSR count). The van der Waals surface area contributed by atoms with E-state index in [0.717, 1.165) is 11.1 Å². The summed E-state index contributed by atoms with van der Waals surface area (Å²) in [6, 6.07) is 15.5. The van der Waals surface area contributed by atoms with Crippen LogP contribution in [0.3, 0.4) is 0 Å². The van der Waals surface area contributed by atoms with E-state index in [9.17, 15) is 4.79 Å². The first-order chi connectivity index (χ1) is 15.4. The van der Waals surface area contributed by atoms with Crippen molar-refractivity contribution in [3.8, 4) is 11.5 Å². The summed E-state index contributed by atoms with van der Waals surface area (Å²) in [6.07, 6.45) is 1.60. The van der Waals surface area contributed by atoms with E-state index in [1.807, 2.05) is 6.07 Å². The van der Waals surface area contributed by atoms with Crippen LogP contribution in [0.25, 0.3) is 0 Å². The number of nitrogens with one attached hydrogen (secondary N) is 1. The lowest BCUT2D eigenvalue weighted by atomic mass is 10.1. The molecule has 3 aromatic rings. The Morgan fingerprint density at radius 3 is 2.28 bits per heavy atom. The van der Waals surface area contributed by atoms with Crippen LogP contribution in [0.4, 0.5) is 5.69 Å². The second-order valence-corrected chi connectivity index (χ2v) is 7.75. The van der Waals surface area contributed by atoms with Crippen LogP contribution in [0, 0.1) is 0 Å². The van der Waals surface area contributed by atoms with Crippen LogP contribution >= 0.6 is 34.8 Å². The molecule has 0 saturated heterocycles. The summed E-state index contributed by atoms with van der Waals surface area (Å²) in [6.45, 7) is 0.306. The minimum Gasteiger partial charge on any atom is -0.493 e. The number of benzene rings is 3. The molecule has 0 bridgehead atoms. The highest BCUT2D eigenvalue weighted by Crippen LogP contribution is 2.33. The van der Waals surface area contributed by atoms with E-state index in [4.69, 9.17) is 49.0 Å². The van der Waals surface area contributed by atoms with Crippen LogP contribution in [-0.4, -0.2) is 26.4 Å².